The number of nitrogen functional groups attached to an aromatic ring is 1. The average Bonchev–Trinajstić information content (AvgIpc) is 1.69. The van der Waals surface area contributed by atoms with E-state index in [0.29, 0.717) is 5.82 Å². The number of halogens is 4. The molecule has 2 nitrogen and oxygen atoms in total. The smallest absolute Gasteiger partial charge is 1.00 e. The van der Waals surface area contributed by atoms with E-state index in [-0.39, 0.29) is 75.5 Å². The van der Waals surface area contributed by atoms with E-state index in [0.717, 1.165) is 0 Å². The molecule has 68 valence electrons. The fraction of sp³-hybridized carbons (Fsp3) is 0. The normalized spacial score (nSPS) is 5.00. The Balaban J connectivity index is -0.0000000327. The third kappa shape index (κ3) is 13.6. The molecule has 0 saturated carbocycles. The topological polar surface area (TPSA) is 38.9 Å². The van der Waals surface area contributed by atoms with Gasteiger partial charge in [0.05, 0.1) is 0 Å². The Morgan fingerprint density at radius 3 is 1.67 bits per heavy atom. The van der Waals surface area contributed by atoms with Gasteiger partial charge in [-0.25, -0.2) is 4.98 Å². The summed E-state index contributed by atoms with van der Waals surface area (Å²) in [5.74, 6) is 0.572. The molecule has 7 heteroatoms. The maximum atomic E-state index is 5.25. The molecule has 0 spiro atoms. The van der Waals surface area contributed by atoms with Crippen molar-refractivity contribution in [3.05, 3.63) is 24.4 Å². The summed E-state index contributed by atoms with van der Waals surface area (Å²) < 4.78 is 0. The fourth-order valence-corrected chi connectivity index (χ4v) is 0.376. The summed E-state index contributed by atoms with van der Waals surface area (Å²) in [6, 6.07) is 5.43. The quantitative estimate of drug-likeness (QED) is 0.429. The number of nitrogens with zero attached hydrogens (tertiary/aromatic N) is 1. The zero-order valence-electron chi connectivity index (χ0n) is 5.85. The van der Waals surface area contributed by atoms with Gasteiger partial charge in [-0.3, -0.25) is 0 Å². The van der Waals surface area contributed by atoms with Crippen LogP contribution < -0.4 is 55.4 Å². The van der Waals surface area contributed by atoms with Gasteiger partial charge in [0.1, 0.15) is 5.82 Å². The van der Waals surface area contributed by atoms with Crippen LogP contribution in [0.1, 0.15) is 0 Å². The SMILES string of the molecule is Nc1ccccn1.[Cl-].[Cl-].[Cl-].[Cl-].[Hf+4]. The second-order valence-corrected chi connectivity index (χ2v) is 1.25. The Kier molecular flexibility index (Phi) is 43.7. The Labute approximate surface area is 116 Å². The number of aromatic nitrogens is 1. The molecular formula is C5H6Cl4HfN2. The Bertz CT molecular complexity index is 151. The number of anilines is 1. The van der Waals surface area contributed by atoms with Crippen LogP contribution >= 0.6 is 0 Å². The second kappa shape index (κ2) is 17.9. The van der Waals surface area contributed by atoms with E-state index < -0.39 is 0 Å². The molecule has 0 amide bonds. The van der Waals surface area contributed by atoms with Crippen molar-refractivity contribution in [1.82, 2.24) is 4.98 Å². The molecular weight excluding hydrogens is 408 g/mol. The first-order chi connectivity index (χ1) is 3.39. The Morgan fingerprint density at radius 2 is 1.50 bits per heavy atom. The minimum atomic E-state index is 0. The zero-order valence-corrected chi connectivity index (χ0v) is 12.5. The van der Waals surface area contributed by atoms with Crippen LogP contribution in [-0.2, 0) is 25.8 Å². The Hall–Kier alpha value is 0.980. The van der Waals surface area contributed by atoms with Gasteiger partial charge in [0, 0.05) is 6.20 Å². The van der Waals surface area contributed by atoms with Gasteiger partial charge in [-0.05, 0) is 12.1 Å². The number of rotatable bonds is 0. The molecule has 0 atom stereocenters. The van der Waals surface area contributed by atoms with Crippen molar-refractivity contribution in [2.24, 2.45) is 0 Å². The Morgan fingerprint density at radius 1 is 1.00 bits per heavy atom. The molecule has 2 N–H and O–H groups in total. The van der Waals surface area contributed by atoms with Gasteiger partial charge >= 0.3 is 25.8 Å². The largest absolute Gasteiger partial charge is 4.00 e. The van der Waals surface area contributed by atoms with Crippen LogP contribution in [0.4, 0.5) is 5.82 Å². The van der Waals surface area contributed by atoms with Crippen LogP contribution in [0, 0.1) is 0 Å². The predicted molar refractivity (Wildman–Crippen MR) is 28.6 cm³/mol. The minimum Gasteiger partial charge on any atom is -1.00 e. The molecule has 0 saturated heterocycles. The van der Waals surface area contributed by atoms with Crippen molar-refractivity contribution in [3.63, 3.8) is 0 Å². The number of pyridine rings is 1. The standard InChI is InChI=1S/C5H6N2.4ClH.Hf/c6-5-3-1-2-4-7-5;;;;;/h1-4H,(H2,6,7);4*1H;/q;;;;;+4/p-4. The summed E-state index contributed by atoms with van der Waals surface area (Å²) in [5, 5.41) is 0. The summed E-state index contributed by atoms with van der Waals surface area (Å²) in [6.45, 7) is 0. The molecule has 0 radical (unpaired) electrons. The first-order valence-corrected chi connectivity index (χ1v) is 2.06. The van der Waals surface area contributed by atoms with E-state index in [1.54, 1.807) is 12.3 Å². The van der Waals surface area contributed by atoms with Crippen LogP contribution in [0.3, 0.4) is 0 Å². The van der Waals surface area contributed by atoms with Gasteiger partial charge in [-0.1, -0.05) is 6.07 Å². The van der Waals surface area contributed by atoms with Gasteiger partial charge in [0.25, 0.3) is 0 Å². The maximum Gasteiger partial charge on any atom is 4.00 e. The third-order valence-corrected chi connectivity index (χ3v) is 0.688. The minimum absolute atomic E-state index is 0. The molecule has 0 fully saturated rings. The molecule has 12 heavy (non-hydrogen) atoms. The molecule has 0 unspecified atom stereocenters. The average molecular weight is 414 g/mol. The first-order valence-electron chi connectivity index (χ1n) is 2.06. The van der Waals surface area contributed by atoms with Crippen LogP contribution in [-0.4, -0.2) is 4.98 Å². The molecule has 1 heterocycles. The molecule has 1 aromatic heterocycles. The van der Waals surface area contributed by atoms with Crippen LogP contribution in [0.15, 0.2) is 24.4 Å². The molecule has 1 rings (SSSR count). The van der Waals surface area contributed by atoms with Gasteiger partial charge in [-0.15, -0.1) is 0 Å². The monoisotopic (exact) mass is 414 g/mol. The van der Waals surface area contributed by atoms with Crippen molar-refractivity contribution >= 4 is 5.82 Å². The van der Waals surface area contributed by atoms with Crippen molar-refractivity contribution < 1.29 is 75.5 Å². The number of nitrogens with two attached hydrogens (primary N) is 1. The van der Waals surface area contributed by atoms with E-state index in [2.05, 4.69) is 4.98 Å². The van der Waals surface area contributed by atoms with Crippen LogP contribution in [0.2, 0.25) is 0 Å². The van der Waals surface area contributed by atoms with Crippen LogP contribution in [0.25, 0.3) is 0 Å². The number of hydrogen-bond acceptors (Lipinski definition) is 2. The second-order valence-electron chi connectivity index (χ2n) is 1.25. The summed E-state index contributed by atoms with van der Waals surface area (Å²) in [5.41, 5.74) is 5.25. The zero-order chi connectivity index (χ0) is 5.11. The maximum absolute atomic E-state index is 5.25. The van der Waals surface area contributed by atoms with E-state index in [1.807, 2.05) is 12.1 Å². The number of hydrogen-bond donors (Lipinski definition) is 1. The van der Waals surface area contributed by atoms with Crippen molar-refractivity contribution in [1.29, 1.82) is 0 Å². The van der Waals surface area contributed by atoms with Gasteiger partial charge in [-0.2, -0.15) is 0 Å². The summed E-state index contributed by atoms with van der Waals surface area (Å²) >= 11 is 0. The summed E-state index contributed by atoms with van der Waals surface area (Å²) in [7, 11) is 0. The van der Waals surface area contributed by atoms with E-state index in [1.165, 1.54) is 0 Å². The van der Waals surface area contributed by atoms with Gasteiger partial charge in [0.2, 0.25) is 0 Å². The van der Waals surface area contributed by atoms with Gasteiger partial charge < -0.3 is 55.4 Å². The predicted octanol–water partition coefficient (Wildman–Crippen LogP) is -11.3. The molecule has 0 aliphatic rings. The van der Waals surface area contributed by atoms with Crippen molar-refractivity contribution in [3.8, 4) is 0 Å². The molecule has 0 aliphatic carbocycles. The summed E-state index contributed by atoms with van der Waals surface area (Å²) in [6.07, 6.45) is 1.66. The fourth-order valence-electron chi connectivity index (χ4n) is 0.376. The molecule has 1 aromatic rings. The molecule has 0 bridgehead atoms. The molecule has 0 aliphatic heterocycles. The van der Waals surface area contributed by atoms with E-state index in [9.17, 15) is 0 Å². The van der Waals surface area contributed by atoms with Crippen molar-refractivity contribution in [2.75, 3.05) is 5.73 Å². The van der Waals surface area contributed by atoms with Gasteiger partial charge in [0.15, 0.2) is 0 Å². The van der Waals surface area contributed by atoms with Crippen molar-refractivity contribution in [2.45, 2.75) is 0 Å². The van der Waals surface area contributed by atoms with E-state index in [4.69, 9.17) is 5.73 Å². The van der Waals surface area contributed by atoms with E-state index >= 15 is 0 Å². The first kappa shape index (κ1) is 29.3. The summed E-state index contributed by atoms with van der Waals surface area (Å²) in [4.78, 5) is 3.76. The van der Waals surface area contributed by atoms with Crippen LogP contribution in [0.5, 0.6) is 0 Å². The third-order valence-electron chi connectivity index (χ3n) is 0.688. The molecule has 0 aromatic carbocycles.